The van der Waals surface area contributed by atoms with E-state index in [4.69, 9.17) is 0 Å². The van der Waals surface area contributed by atoms with E-state index in [1.165, 1.54) is 11.3 Å². The van der Waals surface area contributed by atoms with Crippen molar-refractivity contribution in [3.05, 3.63) is 22.4 Å². The van der Waals surface area contributed by atoms with Crippen LogP contribution in [0.25, 0.3) is 0 Å². The third-order valence-corrected chi connectivity index (χ3v) is 5.57. The summed E-state index contributed by atoms with van der Waals surface area (Å²) in [4.78, 5) is 15.8. The Morgan fingerprint density at radius 3 is 2.95 bits per heavy atom. The summed E-state index contributed by atoms with van der Waals surface area (Å²) >= 11 is 1.75. The Kier molecular flexibility index (Phi) is 4.10. The standard InChI is InChI=1S/C15H23N3OS/c1-18(2)13(14-4-3-7-20-14)9-16-15(19)11-8-10-5-6-12(11)17-10/h3-4,7,10-13,17H,5-6,8-9H2,1-2H3,(H,16,19). The number of carbonyl (C=O) groups excluding carboxylic acids is 1. The van der Waals surface area contributed by atoms with Gasteiger partial charge in [0, 0.05) is 23.5 Å². The maximum Gasteiger partial charge on any atom is 0.224 e. The minimum Gasteiger partial charge on any atom is -0.354 e. The van der Waals surface area contributed by atoms with Crippen molar-refractivity contribution in [3.63, 3.8) is 0 Å². The molecular formula is C15H23N3OS. The molecule has 110 valence electrons. The third kappa shape index (κ3) is 2.75. The fraction of sp³-hybridized carbons (Fsp3) is 0.667. The first kappa shape index (κ1) is 14.0. The summed E-state index contributed by atoms with van der Waals surface area (Å²) in [5.74, 6) is 0.410. The Bertz CT molecular complexity index is 460. The van der Waals surface area contributed by atoms with Gasteiger partial charge in [-0.3, -0.25) is 4.79 Å². The summed E-state index contributed by atoms with van der Waals surface area (Å²) in [6.45, 7) is 0.695. The average molecular weight is 293 g/mol. The van der Waals surface area contributed by atoms with Crippen LogP contribution in [0.3, 0.4) is 0 Å². The van der Waals surface area contributed by atoms with Gasteiger partial charge in [-0.15, -0.1) is 11.3 Å². The highest BCUT2D eigenvalue weighted by atomic mass is 32.1. The molecule has 2 saturated heterocycles. The second-order valence-electron chi connectivity index (χ2n) is 6.13. The third-order valence-electron chi connectivity index (χ3n) is 4.60. The first-order valence-corrected chi connectivity index (χ1v) is 8.26. The lowest BCUT2D eigenvalue weighted by Crippen LogP contribution is -2.41. The normalized spacial score (nSPS) is 29.9. The van der Waals surface area contributed by atoms with Crippen molar-refractivity contribution in [2.45, 2.75) is 37.4 Å². The molecule has 3 rings (SSSR count). The van der Waals surface area contributed by atoms with Crippen molar-refractivity contribution in [2.75, 3.05) is 20.6 Å². The van der Waals surface area contributed by atoms with E-state index in [1.807, 2.05) is 0 Å². The largest absolute Gasteiger partial charge is 0.354 e. The number of fused-ring (bicyclic) bond motifs is 2. The number of likely N-dealkylation sites (N-methyl/N-ethyl adjacent to an activating group) is 1. The van der Waals surface area contributed by atoms with E-state index in [9.17, 15) is 4.79 Å². The summed E-state index contributed by atoms with van der Waals surface area (Å²) in [5, 5.41) is 8.78. The van der Waals surface area contributed by atoms with Crippen LogP contribution >= 0.6 is 11.3 Å². The topological polar surface area (TPSA) is 44.4 Å². The van der Waals surface area contributed by atoms with Gasteiger partial charge in [0.2, 0.25) is 5.91 Å². The number of hydrogen-bond donors (Lipinski definition) is 2. The molecule has 0 saturated carbocycles. The molecule has 2 N–H and O–H groups in total. The Balaban J connectivity index is 1.56. The van der Waals surface area contributed by atoms with Crippen LogP contribution in [0.1, 0.15) is 30.2 Å². The molecule has 1 aromatic rings. The zero-order chi connectivity index (χ0) is 14.1. The lowest BCUT2D eigenvalue weighted by molar-refractivity contribution is -0.125. The predicted octanol–water partition coefficient (Wildman–Crippen LogP) is 1.61. The van der Waals surface area contributed by atoms with Crippen molar-refractivity contribution < 1.29 is 4.79 Å². The SMILES string of the molecule is CN(C)C(CNC(=O)C1CC2CCC1N2)c1cccs1. The van der Waals surface area contributed by atoms with Gasteiger partial charge in [-0.1, -0.05) is 6.07 Å². The minimum absolute atomic E-state index is 0.180. The number of nitrogens with zero attached hydrogens (tertiary/aromatic N) is 1. The Hall–Kier alpha value is -0.910. The number of amides is 1. The van der Waals surface area contributed by atoms with Crippen molar-refractivity contribution in [1.82, 2.24) is 15.5 Å². The Labute approximate surface area is 124 Å². The predicted molar refractivity (Wildman–Crippen MR) is 81.8 cm³/mol. The van der Waals surface area contributed by atoms with E-state index < -0.39 is 0 Å². The molecule has 1 aromatic heterocycles. The van der Waals surface area contributed by atoms with Gasteiger partial charge in [0.25, 0.3) is 0 Å². The zero-order valence-corrected chi connectivity index (χ0v) is 13.0. The molecule has 0 aliphatic carbocycles. The van der Waals surface area contributed by atoms with Crippen molar-refractivity contribution in [1.29, 1.82) is 0 Å². The summed E-state index contributed by atoms with van der Waals surface area (Å²) in [5.41, 5.74) is 0. The van der Waals surface area contributed by atoms with Gasteiger partial charge in [0.15, 0.2) is 0 Å². The van der Waals surface area contributed by atoms with Crippen molar-refractivity contribution in [2.24, 2.45) is 5.92 Å². The maximum atomic E-state index is 12.4. The van der Waals surface area contributed by atoms with Gasteiger partial charge < -0.3 is 15.5 Å². The fourth-order valence-corrected chi connectivity index (χ4v) is 4.38. The van der Waals surface area contributed by atoms with E-state index >= 15 is 0 Å². The molecule has 4 unspecified atom stereocenters. The quantitative estimate of drug-likeness (QED) is 0.867. The van der Waals surface area contributed by atoms with Crippen LogP contribution in [-0.2, 0) is 4.79 Å². The van der Waals surface area contributed by atoms with E-state index in [2.05, 4.69) is 47.1 Å². The van der Waals surface area contributed by atoms with E-state index in [1.54, 1.807) is 11.3 Å². The molecule has 0 spiro atoms. The van der Waals surface area contributed by atoms with Crippen molar-refractivity contribution >= 4 is 17.2 Å². The lowest BCUT2D eigenvalue weighted by Gasteiger charge is -2.25. The molecular weight excluding hydrogens is 270 g/mol. The summed E-state index contributed by atoms with van der Waals surface area (Å²) in [7, 11) is 4.13. The number of hydrogen-bond acceptors (Lipinski definition) is 4. The summed E-state index contributed by atoms with van der Waals surface area (Å²) < 4.78 is 0. The molecule has 4 nitrogen and oxygen atoms in total. The zero-order valence-electron chi connectivity index (χ0n) is 12.1. The molecule has 3 heterocycles. The molecule has 1 amide bonds. The Morgan fingerprint density at radius 2 is 2.40 bits per heavy atom. The monoisotopic (exact) mass is 293 g/mol. The molecule has 5 heteroatoms. The van der Waals surface area contributed by atoms with Gasteiger partial charge in [0.05, 0.1) is 12.0 Å². The van der Waals surface area contributed by atoms with Crippen LogP contribution in [0.5, 0.6) is 0 Å². The van der Waals surface area contributed by atoms with Gasteiger partial charge in [-0.25, -0.2) is 0 Å². The van der Waals surface area contributed by atoms with E-state index in [0.29, 0.717) is 18.6 Å². The Morgan fingerprint density at radius 1 is 1.55 bits per heavy atom. The van der Waals surface area contributed by atoms with Gasteiger partial charge in [0.1, 0.15) is 0 Å². The number of carbonyl (C=O) groups is 1. The van der Waals surface area contributed by atoms with Gasteiger partial charge in [-0.2, -0.15) is 0 Å². The lowest BCUT2D eigenvalue weighted by atomic mass is 9.88. The van der Waals surface area contributed by atoms with Crippen LogP contribution in [0.15, 0.2) is 17.5 Å². The first-order valence-electron chi connectivity index (χ1n) is 7.38. The molecule has 4 atom stereocenters. The first-order chi connectivity index (χ1) is 9.65. The second kappa shape index (κ2) is 5.84. The van der Waals surface area contributed by atoms with E-state index in [0.717, 1.165) is 12.8 Å². The van der Waals surface area contributed by atoms with Crippen LogP contribution in [-0.4, -0.2) is 43.5 Å². The molecule has 2 aliphatic rings. The fourth-order valence-electron chi connectivity index (χ4n) is 3.46. The van der Waals surface area contributed by atoms with Gasteiger partial charge >= 0.3 is 0 Å². The maximum absolute atomic E-state index is 12.4. The smallest absolute Gasteiger partial charge is 0.224 e. The highest BCUT2D eigenvalue weighted by Crippen LogP contribution is 2.33. The number of thiophene rings is 1. The average Bonchev–Trinajstić information content (AvgIpc) is 3.15. The number of nitrogens with one attached hydrogen (secondary N) is 2. The molecule has 20 heavy (non-hydrogen) atoms. The van der Waals surface area contributed by atoms with Gasteiger partial charge in [-0.05, 0) is 44.8 Å². The van der Waals surface area contributed by atoms with Crippen LogP contribution in [0.2, 0.25) is 0 Å². The molecule has 2 aliphatic heterocycles. The number of rotatable bonds is 5. The summed E-state index contributed by atoms with van der Waals surface area (Å²) in [6.07, 6.45) is 3.41. The molecule has 2 bridgehead atoms. The van der Waals surface area contributed by atoms with Crippen LogP contribution in [0.4, 0.5) is 0 Å². The van der Waals surface area contributed by atoms with Crippen molar-refractivity contribution in [3.8, 4) is 0 Å². The molecule has 0 aromatic carbocycles. The molecule has 2 fully saturated rings. The highest BCUT2D eigenvalue weighted by molar-refractivity contribution is 7.10. The second-order valence-corrected chi connectivity index (χ2v) is 7.11. The highest BCUT2D eigenvalue weighted by Gasteiger charge is 2.42. The van der Waals surface area contributed by atoms with E-state index in [-0.39, 0.29) is 17.9 Å². The summed E-state index contributed by atoms with van der Waals surface area (Å²) in [6, 6.07) is 5.47. The van der Waals surface area contributed by atoms with Crippen LogP contribution < -0.4 is 10.6 Å². The minimum atomic E-state index is 0.180. The molecule has 0 radical (unpaired) electrons. The van der Waals surface area contributed by atoms with Crippen LogP contribution in [0, 0.1) is 5.92 Å².